The van der Waals surface area contributed by atoms with Crippen LogP contribution < -0.4 is 0 Å². The fourth-order valence-corrected chi connectivity index (χ4v) is 1.20. The van der Waals surface area contributed by atoms with E-state index in [-0.39, 0.29) is 1.43 Å². The van der Waals surface area contributed by atoms with Crippen molar-refractivity contribution in [3.63, 3.8) is 0 Å². The van der Waals surface area contributed by atoms with Gasteiger partial charge in [-0.15, -0.1) is 0 Å². The van der Waals surface area contributed by atoms with E-state index < -0.39 is 0 Å². The molecule has 2 rings (SSSR count). The summed E-state index contributed by atoms with van der Waals surface area (Å²) in [4.78, 5) is 7.43. The van der Waals surface area contributed by atoms with Crippen molar-refractivity contribution in [1.82, 2.24) is 9.97 Å². The van der Waals surface area contributed by atoms with E-state index in [0.717, 1.165) is 12.1 Å². The smallest absolute Gasteiger partial charge is 0.137 e. The summed E-state index contributed by atoms with van der Waals surface area (Å²) in [7, 11) is 0. The lowest BCUT2D eigenvalue weighted by atomic mass is 10.3. The van der Waals surface area contributed by atoms with Crippen LogP contribution in [0.25, 0.3) is 11.0 Å². The first kappa shape index (κ1) is 9.78. The van der Waals surface area contributed by atoms with E-state index in [9.17, 15) is 0 Å². The first-order valence-electron chi connectivity index (χ1n) is 4.83. The highest BCUT2D eigenvalue weighted by atomic mass is 14.8. The number of aryl methyl sites for hydroxylation is 1. The van der Waals surface area contributed by atoms with E-state index in [1.54, 1.807) is 6.20 Å². The van der Waals surface area contributed by atoms with E-state index in [2.05, 4.69) is 29.0 Å². The molecule has 0 saturated carbocycles. The Morgan fingerprint density at radius 2 is 2.23 bits per heavy atom. The van der Waals surface area contributed by atoms with Crippen LogP contribution in [0.4, 0.5) is 0 Å². The third-order valence-electron chi connectivity index (χ3n) is 1.83. The number of pyridine rings is 1. The van der Waals surface area contributed by atoms with Crippen molar-refractivity contribution < 1.29 is 1.43 Å². The van der Waals surface area contributed by atoms with Crippen LogP contribution in [0.2, 0.25) is 0 Å². The van der Waals surface area contributed by atoms with E-state index in [4.69, 9.17) is 0 Å². The van der Waals surface area contributed by atoms with Gasteiger partial charge in [0.05, 0.1) is 0 Å². The van der Waals surface area contributed by atoms with E-state index in [1.165, 1.54) is 11.1 Å². The molecule has 1 N–H and O–H groups in total. The SMILES string of the molecule is CC.CCc1cc2cccnc2[nH]1.[HH]. The quantitative estimate of drug-likeness (QED) is 0.712. The van der Waals surface area contributed by atoms with E-state index in [1.807, 2.05) is 19.9 Å². The summed E-state index contributed by atoms with van der Waals surface area (Å²) < 4.78 is 0. The Hall–Kier alpha value is -1.31. The Balaban J connectivity index is 0.000000531. The van der Waals surface area contributed by atoms with Crippen LogP contribution >= 0.6 is 0 Å². The minimum absolute atomic E-state index is 0. The summed E-state index contributed by atoms with van der Waals surface area (Å²) in [6, 6.07) is 6.16. The second kappa shape index (κ2) is 4.65. The Kier molecular flexibility index (Phi) is 3.50. The standard InChI is InChI=1S/C9H10N2.C2H6.H2/c1-2-8-6-7-4-3-5-10-9(7)11-8;1-2;/h3-6H,2H2,1H3,(H,10,11);1-2H3;1H. The van der Waals surface area contributed by atoms with Crippen molar-refractivity contribution in [2.24, 2.45) is 0 Å². The fourth-order valence-electron chi connectivity index (χ4n) is 1.20. The van der Waals surface area contributed by atoms with Crippen molar-refractivity contribution in [2.75, 3.05) is 0 Å². The van der Waals surface area contributed by atoms with Gasteiger partial charge in [-0.1, -0.05) is 20.8 Å². The van der Waals surface area contributed by atoms with Gasteiger partial charge in [-0.05, 0) is 24.6 Å². The maximum absolute atomic E-state index is 4.19. The van der Waals surface area contributed by atoms with Crippen molar-refractivity contribution in [3.05, 3.63) is 30.1 Å². The third-order valence-corrected chi connectivity index (χ3v) is 1.83. The van der Waals surface area contributed by atoms with Gasteiger partial charge in [-0.25, -0.2) is 4.98 Å². The van der Waals surface area contributed by atoms with Crippen molar-refractivity contribution in [2.45, 2.75) is 27.2 Å². The molecule has 0 aromatic carbocycles. The molecule has 0 aliphatic heterocycles. The zero-order valence-corrected chi connectivity index (χ0v) is 8.46. The summed E-state index contributed by atoms with van der Waals surface area (Å²) in [6.45, 7) is 6.13. The molecule has 2 heterocycles. The number of hydrogen-bond donors (Lipinski definition) is 1. The Labute approximate surface area is 80.5 Å². The van der Waals surface area contributed by atoms with E-state index >= 15 is 0 Å². The summed E-state index contributed by atoms with van der Waals surface area (Å²) >= 11 is 0. The number of nitrogens with zero attached hydrogens (tertiary/aromatic N) is 1. The van der Waals surface area contributed by atoms with Gasteiger partial charge in [0.2, 0.25) is 0 Å². The largest absolute Gasteiger partial charge is 0.343 e. The zero-order valence-electron chi connectivity index (χ0n) is 8.46. The summed E-state index contributed by atoms with van der Waals surface area (Å²) in [5.74, 6) is 0. The van der Waals surface area contributed by atoms with Gasteiger partial charge in [0.25, 0.3) is 0 Å². The average Bonchev–Trinajstić information content (AvgIpc) is 2.63. The van der Waals surface area contributed by atoms with Gasteiger partial charge in [-0.2, -0.15) is 0 Å². The number of hydrogen-bond acceptors (Lipinski definition) is 1. The van der Waals surface area contributed by atoms with Crippen molar-refractivity contribution >= 4 is 11.0 Å². The molecule has 2 heteroatoms. The summed E-state index contributed by atoms with van der Waals surface area (Å²) in [5.41, 5.74) is 2.24. The molecular formula is C11H18N2. The molecule has 2 nitrogen and oxygen atoms in total. The number of rotatable bonds is 1. The number of fused-ring (bicyclic) bond motifs is 1. The Morgan fingerprint density at radius 3 is 2.85 bits per heavy atom. The molecule has 0 amide bonds. The molecule has 0 fully saturated rings. The number of aromatic nitrogens is 2. The van der Waals surface area contributed by atoms with Crippen molar-refractivity contribution in [1.29, 1.82) is 0 Å². The van der Waals surface area contributed by atoms with Crippen LogP contribution in [-0.2, 0) is 6.42 Å². The molecule has 2 aromatic rings. The highest BCUT2D eigenvalue weighted by Gasteiger charge is 1.96. The molecule has 13 heavy (non-hydrogen) atoms. The third kappa shape index (κ3) is 2.08. The van der Waals surface area contributed by atoms with Crippen LogP contribution in [-0.4, -0.2) is 9.97 Å². The van der Waals surface area contributed by atoms with Gasteiger partial charge >= 0.3 is 0 Å². The molecule has 0 atom stereocenters. The highest BCUT2D eigenvalue weighted by molar-refractivity contribution is 5.76. The predicted octanol–water partition coefficient (Wildman–Crippen LogP) is 3.40. The van der Waals surface area contributed by atoms with Crippen LogP contribution in [0.3, 0.4) is 0 Å². The van der Waals surface area contributed by atoms with Gasteiger partial charge < -0.3 is 4.98 Å². The minimum Gasteiger partial charge on any atom is -0.343 e. The summed E-state index contributed by atoms with van der Waals surface area (Å²) in [6.07, 6.45) is 2.84. The van der Waals surface area contributed by atoms with Gasteiger partial charge in [-0.3, -0.25) is 0 Å². The van der Waals surface area contributed by atoms with Crippen LogP contribution in [0.15, 0.2) is 24.4 Å². The number of H-pyrrole nitrogens is 1. The topological polar surface area (TPSA) is 28.7 Å². The van der Waals surface area contributed by atoms with Crippen LogP contribution in [0.5, 0.6) is 0 Å². The molecular weight excluding hydrogens is 160 g/mol. The molecule has 0 radical (unpaired) electrons. The van der Waals surface area contributed by atoms with Gasteiger partial charge in [0.1, 0.15) is 5.65 Å². The second-order valence-electron chi connectivity index (χ2n) is 2.59. The van der Waals surface area contributed by atoms with Crippen LogP contribution in [0.1, 0.15) is 27.9 Å². The Bertz CT molecular complexity index is 335. The first-order chi connectivity index (χ1) is 6.40. The molecule has 72 valence electrons. The first-order valence-corrected chi connectivity index (χ1v) is 4.83. The lowest BCUT2D eigenvalue weighted by Gasteiger charge is -1.84. The van der Waals surface area contributed by atoms with Gasteiger partial charge in [0, 0.05) is 18.7 Å². The molecule has 0 bridgehead atoms. The molecule has 0 spiro atoms. The normalized spacial score (nSPS) is 9.46. The predicted molar refractivity (Wildman–Crippen MR) is 58.9 cm³/mol. The maximum atomic E-state index is 4.19. The average molecular weight is 178 g/mol. The number of nitrogens with one attached hydrogen (secondary N) is 1. The molecule has 0 aliphatic rings. The Morgan fingerprint density at radius 1 is 1.46 bits per heavy atom. The molecule has 0 aliphatic carbocycles. The second-order valence-corrected chi connectivity index (χ2v) is 2.59. The lowest BCUT2D eigenvalue weighted by Crippen LogP contribution is -1.76. The highest BCUT2D eigenvalue weighted by Crippen LogP contribution is 2.11. The molecule has 0 saturated heterocycles. The van der Waals surface area contributed by atoms with Crippen LogP contribution in [0, 0.1) is 0 Å². The van der Waals surface area contributed by atoms with E-state index in [0.29, 0.717) is 0 Å². The lowest BCUT2D eigenvalue weighted by molar-refractivity contribution is 1.07. The fraction of sp³-hybridized carbons (Fsp3) is 0.364. The molecule has 2 aromatic heterocycles. The maximum Gasteiger partial charge on any atom is 0.137 e. The van der Waals surface area contributed by atoms with Crippen molar-refractivity contribution in [3.8, 4) is 0 Å². The van der Waals surface area contributed by atoms with Gasteiger partial charge in [0.15, 0.2) is 0 Å². The monoisotopic (exact) mass is 178 g/mol. The summed E-state index contributed by atoms with van der Waals surface area (Å²) in [5, 5.41) is 1.20. The minimum atomic E-state index is 0. The molecule has 0 unspecified atom stereocenters. The zero-order chi connectivity index (χ0) is 9.68. The number of aromatic amines is 1.